The number of Topliss-reactive ketones (excluding diaryl/α,β-unsaturated/α-hetero) is 1. The van der Waals surface area contributed by atoms with E-state index in [1.807, 2.05) is 0 Å². The summed E-state index contributed by atoms with van der Waals surface area (Å²) in [6, 6.07) is 8.67. The van der Waals surface area contributed by atoms with Crippen molar-refractivity contribution >= 4 is 5.78 Å². The molecule has 5 heteroatoms. The van der Waals surface area contributed by atoms with Gasteiger partial charge in [-0.3, -0.25) is 4.79 Å². The van der Waals surface area contributed by atoms with Crippen LogP contribution in [0.2, 0.25) is 0 Å². The molecule has 104 valence electrons. The van der Waals surface area contributed by atoms with Crippen LogP contribution in [0.4, 0.5) is 13.2 Å². The molecule has 0 radical (unpaired) electrons. The van der Waals surface area contributed by atoms with Crippen molar-refractivity contribution < 1.29 is 22.7 Å². The number of ether oxygens (including phenoxy) is 1. The molecule has 2 aromatic carbocycles. The van der Waals surface area contributed by atoms with E-state index in [4.69, 9.17) is 4.74 Å². The molecule has 0 spiro atoms. The molecule has 2 rings (SSSR count). The Labute approximate surface area is 113 Å². The number of halogens is 3. The van der Waals surface area contributed by atoms with Crippen molar-refractivity contribution in [3.8, 4) is 5.75 Å². The molecule has 0 aliphatic rings. The molecule has 0 unspecified atom stereocenters. The van der Waals surface area contributed by atoms with Crippen molar-refractivity contribution in [2.24, 2.45) is 0 Å². The van der Waals surface area contributed by atoms with E-state index in [-0.39, 0.29) is 17.7 Å². The van der Waals surface area contributed by atoms with E-state index in [9.17, 15) is 18.0 Å². The van der Waals surface area contributed by atoms with Crippen LogP contribution in [0.5, 0.6) is 5.75 Å². The summed E-state index contributed by atoms with van der Waals surface area (Å²) in [5, 5.41) is 0. The minimum atomic E-state index is -0.885. The fourth-order valence-electron chi connectivity index (χ4n) is 1.66. The summed E-state index contributed by atoms with van der Waals surface area (Å²) in [5.41, 5.74) is 0.251. The zero-order valence-electron chi connectivity index (χ0n) is 10.4. The highest BCUT2D eigenvalue weighted by molar-refractivity contribution is 5.82. The molecule has 0 aromatic heterocycles. The number of benzene rings is 2. The van der Waals surface area contributed by atoms with Crippen LogP contribution in [0.15, 0.2) is 42.5 Å². The van der Waals surface area contributed by atoms with Gasteiger partial charge in [0, 0.05) is 12.5 Å². The fraction of sp³-hybridized carbons (Fsp3) is 0.133. The molecule has 2 nitrogen and oxygen atoms in total. The Morgan fingerprint density at radius 2 is 1.75 bits per heavy atom. The fourth-order valence-corrected chi connectivity index (χ4v) is 1.66. The van der Waals surface area contributed by atoms with E-state index in [0.717, 1.165) is 12.1 Å². The SMILES string of the molecule is O=C(COc1ccc(F)cc1F)Cc1ccccc1F. The summed E-state index contributed by atoms with van der Waals surface area (Å²) in [6.45, 7) is -0.406. The number of ketones is 1. The van der Waals surface area contributed by atoms with Gasteiger partial charge >= 0.3 is 0 Å². The smallest absolute Gasteiger partial charge is 0.174 e. The van der Waals surface area contributed by atoms with Gasteiger partial charge in [-0.2, -0.15) is 0 Å². The maximum absolute atomic E-state index is 13.3. The van der Waals surface area contributed by atoms with E-state index < -0.39 is 29.8 Å². The summed E-state index contributed by atoms with van der Waals surface area (Å²) in [4.78, 5) is 11.6. The lowest BCUT2D eigenvalue weighted by Gasteiger charge is -2.07. The van der Waals surface area contributed by atoms with Crippen LogP contribution in [0.3, 0.4) is 0 Å². The normalized spacial score (nSPS) is 10.3. The van der Waals surface area contributed by atoms with Crippen molar-refractivity contribution in [1.29, 1.82) is 0 Å². The van der Waals surface area contributed by atoms with Gasteiger partial charge in [0.1, 0.15) is 18.2 Å². The van der Waals surface area contributed by atoms with Crippen LogP contribution < -0.4 is 4.74 Å². The van der Waals surface area contributed by atoms with E-state index in [2.05, 4.69) is 0 Å². The van der Waals surface area contributed by atoms with Gasteiger partial charge in [0.25, 0.3) is 0 Å². The van der Waals surface area contributed by atoms with Crippen molar-refractivity contribution in [3.05, 3.63) is 65.5 Å². The second-order valence-corrected chi connectivity index (χ2v) is 4.17. The Hall–Kier alpha value is -2.30. The van der Waals surface area contributed by atoms with Crippen LogP contribution >= 0.6 is 0 Å². The lowest BCUT2D eigenvalue weighted by molar-refractivity contribution is -0.120. The molecular formula is C15H11F3O2. The minimum absolute atomic E-state index is 0.143. The van der Waals surface area contributed by atoms with Crippen LogP contribution in [0, 0.1) is 17.5 Å². The monoisotopic (exact) mass is 280 g/mol. The summed E-state index contributed by atoms with van der Waals surface area (Å²) >= 11 is 0. The summed E-state index contributed by atoms with van der Waals surface area (Å²) < 4.78 is 44.2. The number of rotatable bonds is 5. The maximum Gasteiger partial charge on any atom is 0.174 e. The highest BCUT2D eigenvalue weighted by atomic mass is 19.1. The first-order valence-corrected chi connectivity index (χ1v) is 5.89. The molecular weight excluding hydrogens is 269 g/mol. The predicted octanol–water partition coefficient (Wildman–Crippen LogP) is 3.29. The van der Waals surface area contributed by atoms with Crippen LogP contribution in [0.25, 0.3) is 0 Å². The van der Waals surface area contributed by atoms with Crippen molar-refractivity contribution in [1.82, 2.24) is 0 Å². The minimum Gasteiger partial charge on any atom is -0.483 e. The molecule has 0 fully saturated rings. The van der Waals surface area contributed by atoms with Crippen LogP contribution in [-0.2, 0) is 11.2 Å². The Morgan fingerprint density at radius 3 is 2.45 bits per heavy atom. The highest BCUT2D eigenvalue weighted by Gasteiger charge is 2.10. The zero-order chi connectivity index (χ0) is 14.5. The molecule has 0 bridgehead atoms. The Bertz CT molecular complexity index is 626. The van der Waals surface area contributed by atoms with Crippen molar-refractivity contribution in [2.75, 3.05) is 6.61 Å². The molecule has 0 saturated carbocycles. The maximum atomic E-state index is 13.3. The van der Waals surface area contributed by atoms with Gasteiger partial charge in [0.2, 0.25) is 0 Å². The summed E-state index contributed by atoms with van der Waals surface area (Å²) in [7, 11) is 0. The first kappa shape index (κ1) is 14.1. The van der Waals surface area contributed by atoms with E-state index in [1.165, 1.54) is 18.2 Å². The first-order chi connectivity index (χ1) is 9.56. The summed E-state index contributed by atoms with van der Waals surface area (Å²) in [5.74, 6) is -2.71. The van der Waals surface area contributed by atoms with Gasteiger partial charge in [-0.15, -0.1) is 0 Å². The second kappa shape index (κ2) is 6.23. The van der Waals surface area contributed by atoms with E-state index >= 15 is 0 Å². The van der Waals surface area contributed by atoms with Gasteiger partial charge in [0.15, 0.2) is 17.3 Å². The third-order valence-corrected chi connectivity index (χ3v) is 2.63. The molecule has 0 heterocycles. The molecule has 0 atom stereocenters. The molecule has 0 aliphatic heterocycles. The van der Waals surface area contributed by atoms with Crippen molar-refractivity contribution in [2.45, 2.75) is 6.42 Å². The predicted molar refractivity (Wildman–Crippen MR) is 67.0 cm³/mol. The number of carbonyl (C=O) groups excluding carboxylic acids is 1. The van der Waals surface area contributed by atoms with Gasteiger partial charge in [-0.05, 0) is 23.8 Å². The third-order valence-electron chi connectivity index (χ3n) is 2.63. The molecule has 0 N–H and O–H groups in total. The zero-order valence-corrected chi connectivity index (χ0v) is 10.4. The standard InChI is InChI=1S/C15H11F3O2/c16-11-5-6-15(14(18)8-11)20-9-12(19)7-10-3-1-2-4-13(10)17/h1-6,8H,7,9H2. The molecule has 20 heavy (non-hydrogen) atoms. The Morgan fingerprint density at radius 1 is 1.00 bits per heavy atom. The van der Waals surface area contributed by atoms with Gasteiger partial charge in [-0.25, -0.2) is 13.2 Å². The van der Waals surface area contributed by atoms with Gasteiger partial charge < -0.3 is 4.74 Å². The van der Waals surface area contributed by atoms with Crippen LogP contribution in [-0.4, -0.2) is 12.4 Å². The first-order valence-electron chi connectivity index (χ1n) is 5.89. The molecule has 0 aliphatic carbocycles. The topological polar surface area (TPSA) is 26.3 Å². The average molecular weight is 280 g/mol. The molecule has 0 amide bonds. The summed E-state index contributed by atoms with van der Waals surface area (Å²) in [6.07, 6.45) is -0.143. The quantitative estimate of drug-likeness (QED) is 0.840. The van der Waals surface area contributed by atoms with Gasteiger partial charge in [-0.1, -0.05) is 18.2 Å². The number of hydrogen-bond donors (Lipinski definition) is 0. The number of carbonyl (C=O) groups is 1. The molecule has 2 aromatic rings. The van der Waals surface area contributed by atoms with Gasteiger partial charge in [0.05, 0.1) is 0 Å². The average Bonchev–Trinajstić information content (AvgIpc) is 2.40. The third kappa shape index (κ3) is 3.60. The number of hydrogen-bond acceptors (Lipinski definition) is 2. The lowest BCUT2D eigenvalue weighted by atomic mass is 10.1. The lowest BCUT2D eigenvalue weighted by Crippen LogP contribution is -2.15. The largest absolute Gasteiger partial charge is 0.483 e. The second-order valence-electron chi connectivity index (χ2n) is 4.17. The van der Waals surface area contributed by atoms with Crippen molar-refractivity contribution in [3.63, 3.8) is 0 Å². The Balaban J connectivity index is 1.94. The molecule has 0 saturated heterocycles. The van der Waals surface area contributed by atoms with E-state index in [0.29, 0.717) is 6.07 Å². The van der Waals surface area contributed by atoms with E-state index in [1.54, 1.807) is 6.07 Å². The van der Waals surface area contributed by atoms with Crippen LogP contribution in [0.1, 0.15) is 5.56 Å². The Kier molecular flexibility index (Phi) is 4.40. The highest BCUT2D eigenvalue weighted by Crippen LogP contribution is 2.17.